The molecule has 0 bridgehead atoms. The second-order valence-corrected chi connectivity index (χ2v) is 3.63. The summed E-state index contributed by atoms with van der Waals surface area (Å²) in [5.41, 5.74) is 0.625. The monoisotopic (exact) mass is 155 g/mol. The minimum Gasteiger partial charge on any atom is -0.311 e. The maximum atomic E-state index is 3.62. The molecule has 1 atom stereocenters. The van der Waals surface area contributed by atoms with E-state index in [0.29, 0.717) is 5.54 Å². The third-order valence-corrected chi connectivity index (χ3v) is 3.24. The Labute approximate surface area is 70.6 Å². The highest BCUT2D eigenvalue weighted by Gasteiger charge is 2.44. The predicted octanol–water partition coefficient (Wildman–Crippen LogP) is 2.56. The highest BCUT2D eigenvalue weighted by atomic mass is 15.0. The van der Waals surface area contributed by atoms with Gasteiger partial charge in [-0.1, -0.05) is 20.8 Å². The van der Waals surface area contributed by atoms with Crippen LogP contribution in [0.3, 0.4) is 0 Å². The first kappa shape index (κ1) is 9.05. The van der Waals surface area contributed by atoms with E-state index in [1.807, 2.05) is 13.8 Å². The molecule has 1 heteroatoms. The molecule has 1 heterocycles. The van der Waals surface area contributed by atoms with Gasteiger partial charge in [-0.25, -0.2) is 0 Å². The fourth-order valence-electron chi connectivity index (χ4n) is 2.22. The topological polar surface area (TPSA) is 12.0 Å². The summed E-state index contributed by atoms with van der Waals surface area (Å²) < 4.78 is 0. The van der Waals surface area contributed by atoms with E-state index in [9.17, 15) is 0 Å². The van der Waals surface area contributed by atoms with Crippen molar-refractivity contribution in [2.75, 3.05) is 6.54 Å². The molecular weight excluding hydrogens is 134 g/mol. The van der Waals surface area contributed by atoms with Crippen LogP contribution in [0.5, 0.6) is 0 Å². The molecule has 0 radical (unpaired) electrons. The van der Waals surface area contributed by atoms with Gasteiger partial charge in [0.25, 0.3) is 0 Å². The molecule has 1 unspecified atom stereocenters. The van der Waals surface area contributed by atoms with E-state index in [4.69, 9.17) is 0 Å². The zero-order valence-corrected chi connectivity index (χ0v) is 8.11. The van der Waals surface area contributed by atoms with Crippen molar-refractivity contribution in [3.8, 4) is 0 Å². The zero-order valence-electron chi connectivity index (χ0n) is 8.11. The lowest BCUT2D eigenvalue weighted by Gasteiger charge is -2.42. The Balaban J connectivity index is 0.000000281. The van der Waals surface area contributed by atoms with Crippen LogP contribution in [0, 0.1) is 5.92 Å². The normalized spacial score (nSPS) is 32.5. The van der Waals surface area contributed by atoms with Crippen LogP contribution in [-0.4, -0.2) is 12.1 Å². The molecule has 1 saturated heterocycles. The molecular formula is C10H21N. The lowest BCUT2D eigenvalue weighted by Crippen LogP contribution is -2.49. The fraction of sp³-hybridized carbons (Fsp3) is 1.00. The summed E-state index contributed by atoms with van der Waals surface area (Å²) in [5, 5.41) is 3.62. The summed E-state index contributed by atoms with van der Waals surface area (Å²) in [6.07, 6.45) is 5.74. The van der Waals surface area contributed by atoms with Gasteiger partial charge in [0.1, 0.15) is 0 Å². The van der Waals surface area contributed by atoms with E-state index in [0.717, 1.165) is 5.92 Å². The molecule has 2 fully saturated rings. The predicted molar refractivity (Wildman–Crippen MR) is 49.7 cm³/mol. The quantitative estimate of drug-likeness (QED) is 0.567. The molecule has 0 aromatic heterocycles. The highest BCUT2D eigenvalue weighted by Crippen LogP contribution is 2.42. The Morgan fingerprint density at radius 1 is 1.27 bits per heavy atom. The molecule has 1 aliphatic heterocycles. The average Bonchev–Trinajstić information content (AvgIpc) is 2.34. The third kappa shape index (κ3) is 1.44. The Morgan fingerprint density at radius 3 is 2.09 bits per heavy atom. The molecule has 11 heavy (non-hydrogen) atoms. The van der Waals surface area contributed by atoms with E-state index < -0.39 is 0 Å². The summed E-state index contributed by atoms with van der Waals surface area (Å²) in [6.45, 7) is 7.65. The van der Waals surface area contributed by atoms with Crippen LogP contribution in [0.25, 0.3) is 0 Å². The second kappa shape index (κ2) is 3.57. The molecule has 2 aliphatic rings. The molecule has 1 N–H and O–H groups in total. The van der Waals surface area contributed by atoms with Gasteiger partial charge in [0, 0.05) is 5.54 Å². The average molecular weight is 155 g/mol. The smallest absolute Gasteiger partial charge is 0.0207 e. The van der Waals surface area contributed by atoms with Crippen molar-refractivity contribution >= 4 is 0 Å². The summed E-state index contributed by atoms with van der Waals surface area (Å²) in [4.78, 5) is 0. The van der Waals surface area contributed by atoms with E-state index in [1.54, 1.807) is 0 Å². The maximum absolute atomic E-state index is 3.62. The molecule has 0 aromatic carbocycles. The van der Waals surface area contributed by atoms with Gasteiger partial charge >= 0.3 is 0 Å². The van der Waals surface area contributed by atoms with Gasteiger partial charge in [-0.3, -0.25) is 0 Å². The molecule has 1 nitrogen and oxygen atoms in total. The van der Waals surface area contributed by atoms with Crippen LogP contribution in [0.2, 0.25) is 0 Å². The minimum atomic E-state index is 0.625. The molecule has 1 aliphatic carbocycles. The largest absolute Gasteiger partial charge is 0.311 e. The summed E-state index contributed by atoms with van der Waals surface area (Å²) in [6, 6.07) is 0. The number of nitrogens with one attached hydrogen (secondary N) is 1. The third-order valence-electron chi connectivity index (χ3n) is 3.24. The molecule has 2 rings (SSSR count). The SMILES string of the molecule is CC.CC1CCNC12CCC2. The Kier molecular flexibility index (Phi) is 2.94. The zero-order chi connectivity index (χ0) is 8.32. The van der Waals surface area contributed by atoms with E-state index >= 15 is 0 Å². The van der Waals surface area contributed by atoms with Gasteiger partial charge in [-0.15, -0.1) is 0 Å². The second-order valence-electron chi connectivity index (χ2n) is 3.63. The van der Waals surface area contributed by atoms with Crippen LogP contribution in [0.4, 0.5) is 0 Å². The molecule has 0 amide bonds. The molecule has 1 saturated carbocycles. The Morgan fingerprint density at radius 2 is 1.91 bits per heavy atom. The van der Waals surface area contributed by atoms with Crippen molar-refractivity contribution < 1.29 is 0 Å². The van der Waals surface area contributed by atoms with Gasteiger partial charge in [0.05, 0.1) is 0 Å². The van der Waals surface area contributed by atoms with Crippen LogP contribution in [-0.2, 0) is 0 Å². The van der Waals surface area contributed by atoms with Gasteiger partial charge in [0.2, 0.25) is 0 Å². The lowest BCUT2D eigenvalue weighted by molar-refractivity contribution is 0.162. The van der Waals surface area contributed by atoms with Crippen molar-refractivity contribution in [1.29, 1.82) is 0 Å². The van der Waals surface area contributed by atoms with Gasteiger partial charge in [0.15, 0.2) is 0 Å². The van der Waals surface area contributed by atoms with Gasteiger partial charge in [-0.05, 0) is 38.1 Å². The summed E-state index contributed by atoms with van der Waals surface area (Å²) >= 11 is 0. The van der Waals surface area contributed by atoms with Crippen molar-refractivity contribution in [1.82, 2.24) is 5.32 Å². The van der Waals surface area contributed by atoms with E-state index in [1.165, 1.54) is 32.2 Å². The number of hydrogen-bond donors (Lipinski definition) is 1. The van der Waals surface area contributed by atoms with Crippen LogP contribution < -0.4 is 5.32 Å². The molecule has 0 aromatic rings. The van der Waals surface area contributed by atoms with Crippen LogP contribution in [0.15, 0.2) is 0 Å². The van der Waals surface area contributed by atoms with E-state index in [-0.39, 0.29) is 0 Å². The van der Waals surface area contributed by atoms with Gasteiger partial charge < -0.3 is 5.32 Å². The molecule has 66 valence electrons. The van der Waals surface area contributed by atoms with Crippen molar-refractivity contribution in [3.05, 3.63) is 0 Å². The first-order chi connectivity index (χ1) is 5.33. The van der Waals surface area contributed by atoms with Gasteiger partial charge in [-0.2, -0.15) is 0 Å². The Bertz CT molecular complexity index is 116. The highest BCUT2D eigenvalue weighted by molar-refractivity contribution is 5.03. The standard InChI is InChI=1S/C8H15N.C2H6/c1-7-3-6-9-8(7)4-2-5-8;1-2/h7,9H,2-6H2,1H3;1-2H3. The van der Waals surface area contributed by atoms with Crippen LogP contribution in [0.1, 0.15) is 46.5 Å². The lowest BCUT2D eigenvalue weighted by atomic mass is 9.70. The van der Waals surface area contributed by atoms with Crippen molar-refractivity contribution in [3.63, 3.8) is 0 Å². The fourth-order valence-corrected chi connectivity index (χ4v) is 2.22. The molecule has 1 spiro atoms. The first-order valence-corrected chi connectivity index (χ1v) is 5.08. The van der Waals surface area contributed by atoms with Crippen molar-refractivity contribution in [2.45, 2.75) is 52.0 Å². The summed E-state index contributed by atoms with van der Waals surface area (Å²) in [5.74, 6) is 0.950. The number of hydrogen-bond acceptors (Lipinski definition) is 1. The first-order valence-electron chi connectivity index (χ1n) is 5.08. The van der Waals surface area contributed by atoms with Crippen LogP contribution >= 0.6 is 0 Å². The summed E-state index contributed by atoms with van der Waals surface area (Å²) in [7, 11) is 0. The minimum absolute atomic E-state index is 0.625. The van der Waals surface area contributed by atoms with Crippen molar-refractivity contribution in [2.24, 2.45) is 5.92 Å². The number of rotatable bonds is 0. The Hall–Kier alpha value is -0.0400. The maximum Gasteiger partial charge on any atom is 0.0207 e. The van der Waals surface area contributed by atoms with E-state index in [2.05, 4.69) is 12.2 Å².